The molecule has 6 heteroatoms. The van der Waals surface area contributed by atoms with E-state index in [9.17, 15) is 0 Å². The summed E-state index contributed by atoms with van der Waals surface area (Å²) in [5, 5.41) is 0.908. The van der Waals surface area contributed by atoms with Crippen molar-refractivity contribution in [1.82, 2.24) is 9.97 Å². The zero-order valence-electron chi connectivity index (χ0n) is 8.64. The summed E-state index contributed by atoms with van der Waals surface area (Å²) in [6, 6.07) is 1.79. The molecule has 88 valence electrons. The summed E-state index contributed by atoms with van der Waals surface area (Å²) in [7, 11) is 0. The molecule has 17 heavy (non-hydrogen) atoms. The molecule has 0 aliphatic rings. The molecule has 0 amide bonds. The van der Waals surface area contributed by atoms with Crippen LogP contribution in [0.3, 0.4) is 0 Å². The van der Waals surface area contributed by atoms with Crippen molar-refractivity contribution in [1.29, 1.82) is 0 Å². The van der Waals surface area contributed by atoms with Crippen LogP contribution in [0.15, 0.2) is 27.4 Å². The first-order valence-electron chi connectivity index (χ1n) is 4.62. The Morgan fingerprint density at radius 3 is 2.41 bits per heavy atom. The van der Waals surface area contributed by atoms with Crippen LogP contribution < -0.4 is 0 Å². The average molecular weight is 397 g/mol. The molecule has 0 aromatic carbocycles. The van der Waals surface area contributed by atoms with Gasteiger partial charge in [0.05, 0.1) is 0 Å². The Balaban J connectivity index is 2.76. The molecular weight excluding hydrogens is 391 g/mol. The van der Waals surface area contributed by atoms with Crippen molar-refractivity contribution in [2.75, 3.05) is 0 Å². The second kappa shape index (κ2) is 5.22. The van der Waals surface area contributed by atoms with Crippen molar-refractivity contribution < 1.29 is 0 Å². The maximum atomic E-state index is 6.03. The van der Waals surface area contributed by atoms with E-state index in [1.807, 2.05) is 6.92 Å². The van der Waals surface area contributed by atoms with Crippen LogP contribution in [-0.4, -0.2) is 9.97 Å². The van der Waals surface area contributed by atoms with E-state index in [4.69, 9.17) is 23.2 Å². The molecule has 0 radical (unpaired) electrons. The second-order valence-corrected chi connectivity index (χ2v) is 5.84. The largest absolute Gasteiger partial charge is 0.243 e. The first-order valence-corrected chi connectivity index (χ1v) is 6.97. The Hall–Kier alpha value is -0.160. The number of halogens is 4. The SMILES string of the molecule is Cc1c(Cl)ncc(Br)c1-c1cc(Cl)ncc1Br. The van der Waals surface area contributed by atoms with Crippen LogP contribution >= 0.6 is 55.1 Å². The third-order valence-corrected chi connectivity index (χ3v) is 4.13. The predicted octanol–water partition coefficient (Wildman–Crippen LogP) is 5.28. The van der Waals surface area contributed by atoms with Gasteiger partial charge in [0, 0.05) is 32.5 Å². The molecule has 0 atom stereocenters. The van der Waals surface area contributed by atoms with Crippen LogP contribution in [-0.2, 0) is 0 Å². The third-order valence-electron chi connectivity index (χ3n) is 2.31. The van der Waals surface area contributed by atoms with Gasteiger partial charge >= 0.3 is 0 Å². The predicted molar refractivity (Wildman–Crippen MR) is 77.6 cm³/mol. The summed E-state index contributed by atoms with van der Waals surface area (Å²) in [5.74, 6) is 0. The lowest BCUT2D eigenvalue weighted by Gasteiger charge is -2.11. The van der Waals surface area contributed by atoms with Gasteiger partial charge in [0.1, 0.15) is 10.3 Å². The summed E-state index contributed by atoms with van der Waals surface area (Å²) in [5.41, 5.74) is 2.78. The Bertz CT molecular complexity index is 588. The van der Waals surface area contributed by atoms with Crippen LogP contribution in [0.25, 0.3) is 11.1 Å². The second-order valence-electron chi connectivity index (χ2n) is 3.38. The van der Waals surface area contributed by atoms with Gasteiger partial charge in [-0.15, -0.1) is 0 Å². The number of pyridine rings is 2. The molecule has 0 spiro atoms. The van der Waals surface area contributed by atoms with Crippen molar-refractivity contribution in [2.24, 2.45) is 0 Å². The van der Waals surface area contributed by atoms with E-state index >= 15 is 0 Å². The van der Waals surface area contributed by atoms with E-state index < -0.39 is 0 Å². The normalized spacial score (nSPS) is 10.6. The molecule has 2 heterocycles. The Morgan fingerprint density at radius 1 is 1.06 bits per heavy atom. The molecule has 0 aliphatic heterocycles. The molecule has 0 unspecified atom stereocenters. The van der Waals surface area contributed by atoms with Crippen LogP contribution in [0.5, 0.6) is 0 Å². The minimum absolute atomic E-state index is 0.433. The third kappa shape index (κ3) is 2.65. The lowest BCUT2D eigenvalue weighted by atomic mass is 10.0. The van der Waals surface area contributed by atoms with Crippen LogP contribution in [0.2, 0.25) is 10.3 Å². The highest BCUT2D eigenvalue weighted by Gasteiger charge is 2.14. The molecule has 0 aliphatic carbocycles. The lowest BCUT2D eigenvalue weighted by Crippen LogP contribution is -1.91. The zero-order valence-corrected chi connectivity index (χ0v) is 13.3. The number of hydrogen-bond acceptors (Lipinski definition) is 2. The molecule has 0 N–H and O–H groups in total. The smallest absolute Gasteiger partial charge is 0.132 e. The average Bonchev–Trinajstić information content (AvgIpc) is 2.29. The fourth-order valence-corrected chi connectivity index (χ4v) is 2.82. The Kier molecular flexibility index (Phi) is 4.08. The lowest BCUT2D eigenvalue weighted by molar-refractivity contribution is 1.24. The van der Waals surface area contributed by atoms with Gasteiger partial charge in [-0.3, -0.25) is 0 Å². The van der Waals surface area contributed by atoms with Gasteiger partial charge in [-0.1, -0.05) is 23.2 Å². The van der Waals surface area contributed by atoms with E-state index in [-0.39, 0.29) is 0 Å². The summed E-state index contributed by atoms with van der Waals surface area (Å²) in [4.78, 5) is 8.07. The summed E-state index contributed by atoms with van der Waals surface area (Å²) in [6.07, 6.45) is 3.34. The first kappa shape index (κ1) is 13.3. The molecule has 2 rings (SSSR count). The van der Waals surface area contributed by atoms with Crippen molar-refractivity contribution in [3.63, 3.8) is 0 Å². The monoisotopic (exact) mass is 394 g/mol. The van der Waals surface area contributed by atoms with E-state index in [1.54, 1.807) is 18.5 Å². The van der Waals surface area contributed by atoms with Crippen LogP contribution in [0.1, 0.15) is 5.56 Å². The maximum absolute atomic E-state index is 6.03. The van der Waals surface area contributed by atoms with Crippen molar-refractivity contribution in [3.8, 4) is 11.1 Å². The molecule has 2 nitrogen and oxygen atoms in total. The highest BCUT2D eigenvalue weighted by molar-refractivity contribution is 9.11. The Morgan fingerprint density at radius 2 is 1.71 bits per heavy atom. The minimum atomic E-state index is 0.433. The maximum Gasteiger partial charge on any atom is 0.132 e. The fraction of sp³-hybridized carbons (Fsp3) is 0.0909. The summed E-state index contributed by atoms with van der Waals surface area (Å²) < 4.78 is 1.72. The van der Waals surface area contributed by atoms with Crippen LogP contribution in [0, 0.1) is 6.92 Å². The number of hydrogen-bond donors (Lipinski definition) is 0. The van der Waals surface area contributed by atoms with Crippen molar-refractivity contribution >= 4 is 55.1 Å². The summed E-state index contributed by atoms with van der Waals surface area (Å²) >= 11 is 18.9. The van der Waals surface area contributed by atoms with Gasteiger partial charge in [-0.25, -0.2) is 9.97 Å². The zero-order chi connectivity index (χ0) is 12.6. The van der Waals surface area contributed by atoms with E-state index in [2.05, 4.69) is 41.8 Å². The highest BCUT2D eigenvalue weighted by atomic mass is 79.9. The van der Waals surface area contributed by atoms with E-state index in [1.165, 1.54) is 0 Å². The molecule has 2 aromatic heterocycles. The standard InChI is InChI=1S/C11H6Br2Cl2N2/c1-5-10(8(13)4-17-11(5)15)6-2-9(14)16-3-7(6)12/h2-4H,1H3. The van der Waals surface area contributed by atoms with E-state index in [0.717, 1.165) is 25.6 Å². The number of rotatable bonds is 1. The van der Waals surface area contributed by atoms with Gasteiger partial charge in [-0.05, 0) is 50.4 Å². The van der Waals surface area contributed by atoms with Gasteiger partial charge in [0.2, 0.25) is 0 Å². The topological polar surface area (TPSA) is 25.8 Å². The van der Waals surface area contributed by atoms with Crippen molar-refractivity contribution in [3.05, 3.63) is 43.3 Å². The van der Waals surface area contributed by atoms with Gasteiger partial charge in [0.15, 0.2) is 0 Å². The first-order chi connectivity index (χ1) is 8.00. The quantitative estimate of drug-likeness (QED) is 0.612. The highest BCUT2D eigenvalue weighted by Crippen LogP contribution is 2.38. The van der Waals surface area contributed by atoms with Crippen molar-refractivity contribution in [2.45, 2.75) is 6.92 Å². The molecule has 0 saturated carbocycles. The van der Waals surface area contributed by atoms with Gasteiger partial charge in [-0.2, -0.15) is 0 Å². The van der Waals surface area contributed by atoms with E-state index in [0.29, 0.717) is 10.3 Å². The molecule has 2 aromatic rings. The Labute approximate surface area is 126 Å². The molecular formula is C11H6Br2Cl2N2. The summed E-state index contributed by atoms with van der Waals surface area (Å²) in [6.45, 7) is 1.91. The fourth-order valence-electron chi connectivity index (χ4n) is 1.49. The van der Waals surface area contributed by atoms with Gasteiger partial charge in [0.25, 0.3) is 0 Å². The number of aromatic nitrogens is 2. The molecule has 0 bridgehead atoms. The molecule has 0 fully saturated rings. The van der Waals surface area contributed by atoms with Crippen LogP contribution in [0.4, 0.5) is 0 Å². The molecule has 0 saturated heterocycles. The van der Waals surface area contributed by atoms with Gasteiger partial charge < -0.3 is 0 Å². The minimum Gasteiger partial charge on any atom is -0.243 e. The number of nitrogens with zero attached hydrogens (tertiary/aromatic N) is 2.